The van der Waals surface area contributed by atoms with Gasteiger partial charge in [-0.1, -0.05) is 36.4 Å². The zero-order valence-corrected chi connectivity index (χ0v) is 21.1. The van der Waals surface area contributed by atoms with Crippen molar-refractivity contribution in [1.82, 2.24) is 4.98 Å². The average Bonchev–Trinajstić information content (AvgIpc) is 3.69. The van der Waals surface area contributed by atoms with Gasteiger partial charge in [0.2, 0.25) is 11.8 Å². The number of fused-ring (bicyclic) bond motifs is 2. The van der Waals surface area contributed by atoms with Crippen molar-refractivity contribution in [3.05, 3.63) is 107 Å². The van der Waals surface area contributed by atoms with Gasteiger partial charge in [-0.2, -0.15) is 0 Å². The van der Waals surface area contributed by atoms with Gasteiger partial charge in [-0.3, -0.25) is 14.6 Å². The smallest absolute Gasteiger partial charge is 0.337 e. The highest BCUT2D eigenvalue weighted by atomic mass is 16.5. The summed E-state index contributed by atoms with van der Waals surface area (Å²) >= 11 is 0. The van der Waals surface area contributed by atoms with Crippen LogP contribution in [0.1, 0.15) is 38.7 Å². The van der Waals surface area contributed by atoms with E-state index in [1.807, 2.05) is 48.5 Å². The van der Waals surface area contributed by atoms with Gasteiger partial charge in [0.1, 0.15) is 11.7 Å². The van der Waals surface area contributed by atoms with E-state index in [2.05, 4.69) is 10.3 Å². The number of carbonyl (C=O) groups is 3. The molecule has 3 aromatic carbocycles. The predicted octanol–water partition coefficient (Wildman–Crippen LogP) is 4.45. The number of aliphatic imine (C=N–C) groups is 1. The Bertz CT molecular complexity index is 1610. The number of ether oxygens (including phenoxy) is 1. The van der Waals surface area contributed by atoms with Crippen molar-refractivity contribution in [2.24, 2.45) is 4.99 Å². The molecule has 194 valence electrons. The topological polar surface area (TPSA) is 114 Å². The predicted molar refractivity (Wildman–Crippen MR) is 144 cm³/mol. The van der Waals surface area contributed by atoms with Crippen LogP contribution in [0.3, 0.4) is 0 Å². The molecule has 0 spiro atoms. The molecule has 1 unspecified atom stereocenters. The second kappa shape index (κ2) is 10.0. The van der Waals surface area contributed by atoms with Gasteiger partial charge in [-0.15, -0.1) is 0 Å². The normalized spacial score (nSPS) is 16.0. The number of esters is 1. The van der Waals surface area contributed by atoms with Crippen LogP contribution in [0.4, 0.5) is 17.1 Å². The third-order valence-electron chi connectivity index (χ3n) is 6.97. The van der Waals surface area contributed by atoms with Crippen LogP contribution in [0, 0.1) is 0 Å². The lowest BCUT2D eigenvalue weighted by atomic mass is 9.90. The van der Waals surface area contributed by atoms with E-state index in [1.165, 1.54) is 13.5 Å². The molecule has 2 amide bonds. The maximum absolute atomic E-state index is 13.3. The highest BCUT2D eigenvalue weighted by Gasteiger charge is 2.36. The molecule has 4 aromatic rings. The number of aromatic nitrogens is 1. The lowest BCUT2D eigenvalue weighted by Crippen LogP contribution is -2.30. The Hall–Kier alpha value is -5.05. The number of amides is 2. The molecule has 9 heteroatoms. The summed E-state index contributed by atoms with van der Waals surface area (Å²) in [7, 11) is 1.32. The van der Waals surface area contributed by atoms with Gasteiger partial charge in [0.15, 0.2) is 6.39 Å². The number of benzene rings is 3. The van der Waals surface area contributed by atoms with E-state index in [1.54, 1.807) is 29.3 Å². The minimum absolute atomic E-state index is 0.0581. The molecule has 0 saturated carbocycles. The van der Waals surface area contributed by atoms with Crippen molar-refractivity contribution in [2.45, 2.75) is 18.8 Å². The largest absolute Gasteiger partial charge is 0.465 e. The average molecular weight is 521 g/mol. The molecule has 1 atom stereocenters. The molecular formula is C30H24N4O5. The molecule has 1 N–H and O–H groups in total. The molecule has 39 heavy (non-hydrogen) atoms. The first-order valence-corrected chi connectivity index (χ1v) is 12.5. The minimum Gasteiger partial charge on any atom is -0.465 e. The van der Waals surface area contributed by atoms with Crippen LogP contribution >= 0.6 is 0 Å². The summed E-state index contributed by atoms with van der Waals surface area (Å²) in [5.41, 5.74) is 5.60. The number of nitrogens with one attached hydrogen (secondary N) is 1. The van der Waals surface area contributed by atoms with Crippen LogP contribution in [0.2, 0.25) is 0 Å². The summed E-state index contributed by atoms with van der Waals surface area (Å²) in [6.45, 7) is 0.571. The fourth-order valence-corrected chi connectivity index (χ4v) is 5.11. The van der Waals surface area contributed by atoms with Crippen molar-refractivity contribution in [1.29, 1.82) is 0 Å². The highest BCUT2D eigenvalue weighted by molar-refractivity contribution is 6.24. The Morgan fingerprint density at radius 3 is 2.72 bits per heavy atom. The summed E-state index contributed by atoms with van der Waals surface area (Å²) in [4.78, 5) is 48.8. The molecule has 0 radical (unpaired) electrons. The SMILES string of the molecule is COC(=O)c1ccc2c(c1)NC(=O)C2C(=Nc1ccc2c(c1)CCN2C(=O)Cc1cnco1)c1ccccc1. The fraction of sp³-hybridized carbons (Fsp3) is 0.167. The van der Waals surface area contributed by atoms with Crippen molar-refractivity contribution >= 4 is 40.6 Å². The minimum atomic E-state index is -0.665. The van der Waals surface area contributed by atoms with Gasteiger partial charge in [0, 0.05) is 17.9 Å². The summed E-state index contributed by atoms with van der Waals surface area (Å²) in [5, 5.41) is 2.90. The number of anilines is 2. The Kier molecular flexibility index (Phi) is 6.24. The lowest BCUT2D eigenvalue weighted by molar-refractivity contribution is -0.118. The number of rotatable bonds is 6. The van der Waals surface area contributed by atoms with Crippen LogP contribution in [0.5, 0.6) is 0 Å². The fourth-order valence-electron chi connectivity index (χ4n) is 5.11. The highest BCUT2D eigenvalue weighted by Crippen LogP contribution is 2.38. The van der Waals surface area contributed by atoms with Gasteiger partial charge >= 0.3 is 5.97 Å². The van der Waals surface area contributed by atoms with Gasteiger partial charge in [-0.25, -0.2) is 9.78 Å². The first-order chi connectivity index (χ1) is 19.0. The van der Waals surface area contributed by atoms with Gasteiger partial charge in [0.05, 0.1) is 36.7 Å². The van der Waals surface area contributed by atoms with Gasteiger partial charge in [-0.05, 0) is 53.4 Å². The van der Waals surface area contributed by atoms with Crippen LogP contribution < -0.4 is 10.2 Å². The molecular weight excluding hydrogens is 496 g/mol. The molecule has 0 saturated heterocycles. The molecule has 0 bridgehead atoms. The third-order valence-corrected chi connectivity index (χ3v) is 6.97. The molecule has 9 nitrogen and oxygen atoms in total. The van der Waals surface area contributed by atoms with Crippen molar-refractivity contribution in [3.63, 3.8) is 0 Å². The number of carbonyl (C=O) groups excluding carboxylic acids is 3. The van der Waals surface area contributed by atoms with Crippen LogP contribution in [-0.4, -0.2) is 42.1 Å². The maximum Gasteiger partial charge on any atom is 0.337 e. The summed E-state index contributed by atoms with van der Waals surface area (Å²) in [6, 6.07) is 20.3. The summed E-state index contributed by atoms with van der Waals surface area (Å²) < 4.78 is 10.1. The van der Waals surface area contributed by atoms with Crippen molar-refractivity contribution < 1.29 is 23.5 Å². The number of nitrogens with zero attached hydrogens (tertiary/aromatic N) is 3. The molecule has 6 rings (SSSR count). The zero-order chi connectivity index (χ0) is 26.9. The number of methoxy groups -OCH3 is 1. The summed E-state index contributed by atoms with van der Waals surface area (Å²) in [6.07, 6.45) is 3.71. The molecule has 0 aliphatic carbocycles. The van der Waals surface area contributed by atoms with Crippen LogP contribution in [0.25, 0.3) is 0 Å². The van der Waals surface area contributed by atoms with Crippen LogP contribution in [0.15, 0.2) is 88.7 Å². The maximum atomic E-state index is 13.3. The second-order valence-electron chi connectivity index (χ2n) is 9.33. The zero-order valence-electron chi connectivity index (χ0n) is 21.1. The Balaban J connectivity index is 1.35. The van der Waals surface area contributed by atoms with Crippen LogP contribution in [-0.2, 0) is 27.2 Å². The van der Waals surface area contributed by atoms with E-state index in [0.717, 1.165) is 22.4 Å². The van der Waals surface area contributed by atoms with E-state index < -0.39 is 11.9 Å². The Morgan fingerprint density at radius 2 is 1.95 bits per heavy atom. The molecule has 3 heterocycles. The standard InChI is InChI=1S/C30H24N4O5/c1-38-30(37)20-7-9-23-24(14-20)33-29(36)27(23)28(18-5-3-2-4-6-18)32-21-8-10-25-19(13-21)11-12-34(25)26(35)15-22-16-31-17-39-22/h2-10,13-14,16-17,27H,11-12,15H2,1H3,(H,33,36). The van der Waals surface area contributed by atoms with Gasteiger partial charge in [0.25, 0.3) is 0 Å². The van der Waals surface area contributed by atoms with Gasteiger partial charge < -0.3 is 19.4 Å². The summed E-state index contributed by atoms with van der Waals surface area (Å²) in [5.74, 6) is -0.894. The quantitative estimate of drug-likeness (QED) is 0.297. The number of hydrogen-bond donors (Lipinski definition) is 1. The third kappa shape index (κ3) is 4.59. The van der Waals surface area contributed by atoms with E-state index in [9.17, 15) is 14.4 Å². The molecule has 2 aliphatic heterocycles. The van der Waals surface area contributed by atoms with E-state index in [-0.39, 0.29) is 18.2 Å². The van der Waals surface area contributed by atoms with E-state index in [4.69, 9.17) is 14.1 Å². The molecule has 2 aliphatic rings. The lowest BCUT2D eigenvalue weighted by Gasteiger charge is -2.17. The van der Waals surface area contributed by atoms with Crippen molar-refractivity contribution in [3.8, 4) is 0 Å². The molecule has 0 fully saturated rings. The Labute approximate surface area is 224 Å². The first kappa shape index (κ1) is 24.3. The molecule has 1 aromatic heterocycles. The van der Waals surface area contributed by atoms with E-state index >= 15 is 0 Å². The number of hydrogen-bond acceptors (Lipinski definition) is 7. The Morgan fingerprint density at radius 1 is 1.10 bits per heavy atom. The number of oxazole rings is 1. The van der Waals surface area contributed by atoms with E-state index in [0.29, 0.717) is 41.4 Å². The monoisotopic (exact) mass is 520 g/mol. The first-order valence-electron chi connectivity index (χ1n) is 12.5. The van der Waals surface area contributed by atoms with Crippen molar-refractivity contribution in [2.75, 3.05) is 23.9 Å². The second-order valence-corrected chi connectivity index (χ2v) is 9.33.